The van der Waals surface area contributed by atoms with E-state index < -0.39 is 17.8 Å². The van der Waals surface area contributed by atoms with Gasteiger partial charge in [0.2, 0.25) is 5.91 Å². The van der Waals surface area contributed by atoms with E-state index in [4.69, 9.17) is 10.5 Å². The lowest BCUT2D eigenvalue weighted by atomic mass is 10.2. The summed E-state index contributed by atoms with van der Waals surface area (Å²) in [6.45, 7) is 3.22. The van der Waals surface area contributed by atoms with E-state index >= 15 is 0 Å². The molecule has 0 aromatic heterocycles. The number of nitrogen functional groups attached to an aromatic ring is 1. The number of nitrogens with two attached hydrogens (primary N) is 1. The van der Waals surface area contributed by atoms with E-state index in [0.29, 0.717) is 22.6 Å². The van der Waals surface area contributed by atoms with Gasteiger partial charge < -0.3 is 15.8 Å². The number of hydrogen-bond donors (Lipinski definition) is 2. The van der Waals surface area contributed by atoms with Crippen LogP contribution in [0.5, 0.6) is 0 Å². The van der Waals surface area contributed by atoms with Gasteiger partial charge in [-0.25, -0.2) is 9.69 Å². The van der Waals surface area contributed by atoms with E-state index in [0.717, 1.165) is 4.90 Å². The quantitative estimate of drug-likeness (QED) is 0.335. The van der Waals surface area contributed by atoms with E-state index in [9.17, 15) is 19.6 Å². The third-order valence-corrected chi connectivity index (χ3v) is 3.80. The molecule has 8 nitrogen and oxygen atoms in total. The van der Waals surface area contributed by atoms with E-state index in [1.54, 1.807) is 49.4 Å². The minimum atomic E-state index is -0.777. The molecule has 148 valence electrons. The van der Waals surface area contributed by atoms with Crippen molar-refractivity contribution in [2.45, 2.75) is 13.8 Å². The lowest BCUT2D eigenvalue weighted by molar-refractivity contribution is -0.123. The van der Waals surface area contributed by atoms with Crippen molar-refractivity contribution >= 4 is 34.8 Å². The highest BCUT2D eigenvalue weighted by Crippen LogP contribution is 2.19. The van der Waals surface area contributed by atoms with Crippen molar-refractivity contribution in [2.24, 2.45) is 0 Å². The fourth-order valence-electron chi connectivity index (χ4n) is 2.40. The van der Waals surface area contributed by atoms with Gasteiger partial charge in [-0.2, -0.15) is 5.26 Å². The van der Waals surface area contributed by atoms with Crippen molar-refractivity contribution in [2.75, 3.05) is 22.6 Å². The molecule has 29 heavy (non-hydrogen) atoms. The zero-order valence-electron chi connectivity index (χ0n) is 16.0. The summed E-state index contributed by atoms with van der Waals surface area (Å²) in [7, 11) is 0. The number of rotatable bonds is 6. The summed E-state index contributed by atoms with van der Waals surface area (Å²) in [5, 5.41) is 12.2. The van der Waals surface area contributed by atoms with Crippen LogP contribution in [0.2, 0.25) is 0 Å². The molecule has 0 aliphatic carbocycles. The number of benzene rings is 2. The Balaban J connectivity index is 2.20. The molecule has 2 amide bonds. The van der Waals surface area contributed by atoms with Gasteiger partial charge in [0.1, 0.15) is 11.6 Å². The molecule has 0 radical (unpaired) electrons. The van der Waals surface area contributed by atoms with Crippen molar-refractivity contribution in [1.29, 1.82) is 5.26 Å². The number of carbonyl (C=O) groups excluding carboxylic acids is 3. The molecule has 0 saturated heterocycles. The predicted molar refractivity (Wildman–Crippen MR) is 109 cm³/mol. The molecule has 0 aliphatic rings. The van der Waals surface area contributed by atoms with Gasteiger partial charge in [-0.05, 0) is 55.5 Å². The number of anilines is 3. The molecule has 2 aromatic carbocycles. The van der Waals surface area contributed by atoms with Crippen molar-refractivity contribution in [3.8, 4) is 6.07 Å². The van der Waals surface area contributed by atoms with Crippen LogP contribution >= 0.6 is 0 Å². The number of nitrogens with one attached hydrogen (secondary N) is 1. The SMILES string of the molecule is CCOC(=O)c1ccc(N/C=C(/C#N)C(=O)N(C(C)=O)c2ccc(N)cc2)cc1. The van der Waals surface area contributed by atoms with Gasteiger partial charge in [0.25, 0.3) is 5.91 Å². The minimum absolute atomic E-state index is 0.272. The number of ether oxygens (including phenoxy) is 1. The van der Waals surface area contributed by atoms with Gasteiger partial charge >= 0.3 is 5.97 Å². The largest absolute Gasteiger partial charge is 0.462 e. The van der Waals surface area contributed by atoms with E-state index in [1.807, 2.05) is 0 Å². The van der Waals surface area contributed by atoms with Crippen molar-refractivity contribution < 1.29 is 19.1 Å². The number of carbonyl (C=O) groups is 3. The zero-order valence-corrected chi connectivity index (χ0v) is 16.0. The highest BCUT2D eigenvalue weighted by Gasteiger charge is 2.23. The smallest absolute Gasteiger partial charge is 0.338 e. The third kappa shape index (κ3) is 5.43. The van der Waals surface area contributed by atoms with E-state index in [-0.39, 0.29) is 12.2 Å². The van der Waals surface area contributed by atoms with Crippen molar-refractivity contribution in [3.05, 3.63) is 65.9 Å². The Hall–Kier alpha value is -4.12. The van der Waals surface area contributed by atoms with Gasteiger partial charge in [0, 0.05) is 24.5 Å². The van der Waals surface area contributed by atoms with Crippen LogP contribution in [0.4, 0.5) is 17.1 Å². The van der Waals surface area contributed by atoms with E-state index in [1.165, 1.54) is 25.3 Å². The number of nitriles is 1. The first-order valence-corrected chi connectivity index (χ1v) is 8.72. The fourth-order valence-corrected chi connectivity index (χ4v) is 2.40. The molecular formula is C21H20N4O4. The molecule has 0 atom stereocenters. The molecule has 0 saturated carbocycles. The summed E-state index contributed by atoms with van der Waals surface area (Å²) in [6.07, 6.45) is 1.20. The second-order valence-corrected chi connectivity index (χ2v) is 5.86. The van der Waals surface area contributed by atoms with Crippen LogP contribution in [-0.4, -0.2) is 24.4 Å². The third-order valence-electron chi connectivity index (χ3n) is 3.80. The van der Waals surface area contributed by atoms with Gasteiger partial charge in [-0.15, -0.1) is 0 Å². The highest BCUT2D eigenvalue weighted by molar-refractivity contribution is 6.21. The lowest BCUT2D eigenvalue weighted by Crippen LogP contribution is -2.36. The normalized spacial score (nSPS) is 10.6. The van der Waals surface area contributed by atoms with Crippen molar-refractivity contribution in [3.63, 3.8) is 0 Å². The first-order chi connectivity index (χ1) is 13.9. The Morgan fingerprint density at radius 3 is 2.28 bits per heavy atom. The summed E-state index contributed by atoms with van der Waals surface area (Å²) < 4.78 is 4.91. The molecule has 2 rings (SSSR count). The first-order valence-electron chi connectivity index (χ1n) is 8.72. The number of amides is 2. The monoisotopic (exact) mass is 392 g/mol. The molecule has 0 bridgehead atoms. The first kappa shape index (κ1) is 21.2. The average molecular weight is 392 g/mol. The molecule has 0 fully saturated rings. The summed E-state index contributed by atoms with van der Waals surface area (Å²) in [5.74, 6) is -1.76. The number of esters is 1. The molecule has 0 unspecified atom stereocenters. The molecule has 0 aliphatic heterocycles. The molecular weight excluding hydrogens is 372 g/mol. The van der Waals surface area contributed by atoms with Gasteiger partial charge in [0.15, 0.2) is 0 Å². The van der Waals surface area contributed by atoms with Crippen LogP contribution in [-0.2, 0) is 14.3 Å². The van der Waals surface area contributed by atoms with Crippen LogP contribution in [0.15, 0.2) is 60.3 Å². The van der Waals surface area contributed by atoms with Crippen LogP contribution in [0, 0.1) is 11.3 Å². The lowest BCUT2D eigenvalue weighted by Gasteiger charge is -2.19. The van der Waals surface area contributed by atoms with Gasteiger partial charge in [0.05, 0.1) is 17.9 Å². The van der Waals surface area contributed by atoms with Crippen molar-refractivity contribution in [1.82, 2.24) is 0 Å². The Labute approximate surface area is 168 Å². The average Bonchev–Trinajstić information content (AvgIpc) is 2.70. The number of hydrogen-bond acceptors (Lipinski definition) is 7. The number of nitrogens with zero attached hydrogens (tertiary/aromatic N) is 2. The summed E-state index contributed by atoms with van der Waals surface area (Å²) >= 11 is 0. The highest BCUT2D eigenvalue weighted by atomic mass is 16.5. The Morgan fingerprint density at radius 2 is 1.76 bits per heavy atom. The molecule has 8 heteroatoms. The zero-order chi connectivity index (χ0) is 21.4. The Kier molecular flexibility index (Phi) is 7.09. The van der Waals surface area contributed by atoms with Crippen LogP contribution in [0.3, 0.4) is 0 Å². The second-order valence-electron chi connectivity index (χ2n) is 5.86. The fraction of sp³-hybridized carbons (Fsp3) is 0.143. The molecule has 0 spiro atoms. The summed E-state index contributed by atoms with van der Waals surface area (Å²) in [5.41, 5.74) is 7.06. The Bertz CT molecular complexity index is 973. The second kappa shape index (κ2) is 9.71. The maximum absolute atomic E-state index is 12.7. The summed E-state index contributed by atoms with van der Waals surface area (Å²) in [6, 6.07) is 14.2. The minimum Gasteiger partial charge on any atom is -0.462 e. The molecule has 0 heterocycles. The van der Waals surface area contributed by atoms with Gasteiger partial charge in [-0.1, -0.05) is 0 Å². The molecule has 3 N–H and O–H groups in total. The molecule has 2 aromatic rings. The predicted octanol–water partition coefficient (Wildman–Crippen LogP) is 2.84. The maximum Gasteiger partial charge on any atom is 0.338 e. The van der Waals surface area contributed by atoms with Crippen LogP contribution < -0.4 is 16.0 Å². The van der Waals surface area contributed by atoms with Crippen LogP contribution in [0.1, 0.15) is 24.2 Å². The topological polar surface area (TPSA) is 126 Å². The number of imide groups is 1. The van der Waals surface area contributed by atoms with Crippen LogP contribution in [0.25, 0.3) is 0 Å². The van der Waals surface area contributed by atoms with Gasteiger partial charge in [-0.3, -0.25) is 9.59 Å². The summed E-state index contributed by atoms with van der Waals surface area (Å²) in [4.78, 5) is 37.3. The standard InChI is InChI=1S/C21H20N4O4/c1-3-29-21(28)15-4-8-18(9-5-15)24-13-16(12-22)20(27)25(14(2)26)19-10-6-17(23)7-11-19/h4-11,13,24H,3,23H2,1-2H3/b16-13-. The maximum atomic E-state index is 12.7. The Morgan fingerprint density at radius 1 is 1.14 bits per heavy atom. The van der Waals surface area contributed by atoms with E-state index in [2.05, 4.69) is 5.32 Å².